The molecule has 80 valence electrons. The van der Waals surface area contributed by atoms with Gasteiger partial charge in [-0.05, 0) is 23.8 Å². The maximum Gasteiger partial charge on any atom is 0.267 e. The minimum absolute atomic E-state index is 0.562. The molecule has 0 spiro atoms. The van der Waals surface area contributed by atoms with Crippen LogP contribution in [0.1, 0.15) is 5.56 Å². The Balaban J connectivity index is 2.33. The van der Waals surface area contributed by atoms with E-state index >= 15 is 0 Å². The summed E-state index contributed by atoms with van der Waals surface area (Å²) in [7, 11) is 0. The molecule has 1 heterocycles. The second-order valence-electron chi connectivity index (χ2n) is 3.27. The topological polar surface area (TPSA) is 62.2 Å². The zero-order chi connectivity index (χ0) is 11.4. The summed E-state index contributed by atoms with van der Waals surface area (Å²) in [5.74, 6) is -0.562. The Morgan fingerprint density at radius 2 is 2.19 bits per heavy atom. The van der Waals surface area contributed by atoms with Crippen LogP contribution in [-0.4, -0.2) is 16.1 Å². The highest BCUT2D eigenvalue weighted by atomic mass is 16.5. The molecule has 0 bridgehead atoms. The number of hydrogen-bond acceptors (Lipinski definition) is 3. The van der Waals surface area contributed by atoms with Gasteiger partial charge in [0.2, 0.25) is 0 Å². The lowest BCUT2D eigenvalue weighted by molar-refractivity contribution is -0.124. The Hall–Kier alpha value is -2.20. The predicted octanol–water partition coefficient (Wildman–Crippen LogP) is 1.75. The van der Waals surface area contributed by atoms with E-state index in [9.17, 15) is 4.79 Å². The van der Waals surface area contributed by atoms with Crippen LogP contribution in [0.25, 0.3) is 17.0 Å². The largest absolute Gasteiger partial charge is 0.288 e. The highest BCUT2D eigenvalue weighted by Gasteiger charge is 1.95. The van der Waals surface area contributed by atoms with Gasteiger partial charge in [-0.2, -0.15) is 0 Å². The summed E-state index contributed by atoms with van der Waals surface area (Å²) < 4.78 is 0. The number of fused-ring (bicyclic) bond motifs is 1. The first-order valence-corrected chi connectivity index (χ1v) is 4.76. The van der Waals surface area contributed by atoms with Gasteiger partial charge in [0.05, 0.1) is 5.52 Å². The monoisotopic (exact) mass is 214 g/mol. The molecule has 0 fully saturated rings. The lowest BCUT2D eigenvalue weighted by atomic mass is 10.1. The number of nitrogens with zero attached hydrogens (tertiary/aromatic N) is 1. The maximum atomic E-state index is 10.8. The van der Waals surface area contributed by atoms with E-state index in [-0.39, 0.29) is 0 Å². The molecule has 2 aromatic rings. The van der Waals surface area contributed by atoms with Crippen molar-refractivity contribution in [3.05, 3.63) is 48.2 Å². The van der Waals surface area contributed by atoms with Crippen LogP contribution >= 0.6 is 0 Å². The van der Waals surface area contributed by atoms with Gasteiger partial charge in [-0.3, -0.25) is 15.0 Å². The van der Waals surface area contributed by atoms with Crippen molar-refractivity contribution in [2.75, 3.05) is 0 Å². The van der Waals surface area contributed by atoms with E-state index < -0.39 is 5.91 Å². The van der Waals surface area contributed by atoms with Crippen LogP contribution in [0, 0.1) is 0 Å². The van der Waals surface area contributed by atoms with Crippen molar-refractivity contribution in [3.8, 4) is 0 Å². The molecule has 0 aliphatic rings. The number of nitrogens with one attached hydrogen (secondary N) is 1. The molecule has 0 saturated heterocycles. The average molecular weight is 214 g/mol. The second-order valence-corrected chi connectivity index (χ2v) is 3.27. The first kappa shape index (κ1) is 10.3. The van der Waals surface area contributed by atoms with Gasteiger partial charge in [0, 0.05) is 17.7 Å². The number of benzene rings is 1. The van der Waals surface area contributed by atoms with Gasteiger partial charge in [0.15, 0.2) is 0 Å². The summed E-state index contributed by atoms with van der Waals surface area (Å²) in [5.41, 5.74) is 3.24. The van der Waals surface area contributed by atoms with Crippen LogP contribution in [-0.2, 0) is 4.79 Å². The summed E-state index contributed by atoms with van der Waals surface area (Å²) in [6.45, 7) is 0. The zero-order valence-corrected chi connectivity index (χ0v) is 8.42. The molecule has 0 radical (unpaired) electrons. The van der Waals surface area contributed by atoms with E-state index in [1.165, 1.54) is 11.6 Å². The first-order chi connectivity index (χ1) is 7.79. The van der Waals surface area contributed by atoms with Gasteiger partial charge >= 0.3 is 0 Å². The van der Waals surface area contributed by atoms with E-state index in [0.717, 1.165) is 16.5 Å². The third kappa shape index (κ3) is 2.24. The van der Waals surface area contributed by atoms with Crippen molar-refractivity contribution < 1.29 is 10.0 Å². The summed E-state index contributed by atoms with van der Waals surface area (Å²) in [6.07, 6.45) is 4.50. The van der Waals surface area contributed by atoms with Crippen LogP contribution in [0.4, 0.5) is 0 Å². The van der Waals surface area contributed by atoms with E-state index in [1.54, 1.807) is 12.3 Å². The summed E-state index contributed by atoms with van der Waals surface area (Å²) in [5, 5.41) is 9.33. The fourth-order valence-electron chi connectivity index (χ4n) is 1.39. The van der Waals surface area contributed by atoms with E-state index in [1.807, 2.05) is 30.3 Å². The third-order valence-electron chi connectivity index (χ3n) is 2.15. The number of aromatic nitrogens is 1. The summed E-state index contributed by atoms with van der Waals surface area (Å²) in [4.78, 5) is 15.0. The quantitative estimate of drug-likeness (QED) is 0.455. The van der Waals surface area contributed by atoms with Crippen molar-refractivity contribution in [3.63, 3.8) is 0 Å². The second kappa shape index (κ2) is 4.55. The SMILES string of the molecule is O=C(/C=C/c1cnc2ccccc2c1)NO. The molecule has 16 heavy (non-hydrogen) atoms. The number of hydrogen-bond donors (Lipinski definition) is 2. The van der Waals surface area contributed by atoms with Crippen LogP contribution in [0.15, 0.2) is 42.6 Å². The van der Waals surface area contributed by atoms with Crippen LogP contribution in [0.3, 0.4) is 0 Å². The third-order valence-corrected chi connectivity index (χ3v) is 2.15. The molecule has 1 aromatic heterocycles. The van der Waals surface area contributed by atoms with E-state index in [2.05, 4.69) is 4.98 Å². The lowest BCUT2D eigenvalue weighted by Crippen LogP contribution is -2.14. The molecular formula is C12H10N2O2. The molecule has 0 unspecified atom stereocenters. The van der Waals surface area contributed by atoms with Gasteiger partial charge in [-0.15, -0.1) is 0 Å². The molecule has 0 atom stereocenters. The van der Waals surface area contributed by atoms with Crippen molar-refractivity contribution in [2.24, 2.45) is 0 Å². The fraction of sp³-hybridized carbons (Fsp3) is 0. The fourth-order valence-corrected chi connectivity index (χ4v) is 1.39. The number of pyridine rings is 1. The van der Waals surface area contributed by atoms with E-state index in [0.29, 0.717) is 0 Å². The lowest BCUT2D eigenvalue weighted by Gasteiger charge is -1.97. The highest BCUT2D eigenvalue weighted by molar-refractivity contribution is 5.91. The zero-order valence-electron chi connectivity index (χ0n) is 8.42. The van der Waals surface area contributed by atoms with Crippen molar-refractivity contribution >= 4 is 22.9 Å². The van der Waals surface area contributed by atoms with Gasteiger partial charge in [0.25, 0.3) is 5.91 Å². The molecule has 2 N–H and O–H groups in total. The molecule has 0 aliphatic heterocycles. The van der Waals surface area contributed by atoms with E-state index in [4.69, 9.17) is 5.21 Å². The standard InChI is InChI=1S/C12H10N2O2/c15-12(14-16)6-5-9-7-10-3-1-2-4-11(10)13-8-9/h1-8,16H,(H,14,15)/b6-5+. The number of amides is 1. The van der Waals surface area contributed by atoms with Crippen molar-refractivity contribution in [1.82, 2.24) is 10.5 Å². The molecule has 2 rings (SSSR count). The smallest absolute Gasteiger partial charge is 0.267 e. The number of hydroxylamine groups is 1. The van der Waals surface area contributed by atoms with Crippen molar-refractivity contribution in [1.29, 1.82) is 0 Å². The van der Waals surface area contributed by atoms with Crippen LogP contribution in [0.2, 0.25) is 0 Å². The number of carbonyl (C=O) groups is 1. The Morgan fingerprint density at radius 1 is 1.38 bits per heavy atom. The van der Waals surface area contributed by atoms with Crippen LogP contribution < -0.4 is 5.48 Å². The molecule has 0 saturated carbocycles. The highest BCUT2D eigenvalue weighted by Crippen LogP contribution is 2.13. The first-order valence-electron chi connectivity index (χ1n) is 4.76. The molecule has 1 aromatic carbocycles. The minimum atomic E-state index is -0.562. The Labute approximate surface area is 92.2 Å². The van der Waals surface area contributed by atoms with Crippen molar-refractivity contribution in [2.45, 2.75) is 0 Å². The Bertz CT molecular complexity index is 549. The molecule has 4 heteroatoms. The normalized spacial score (nSPS) is 10.8. The maximum absolute atomic E-state index is 10.8. The summed E-state index contributed by atoms with van der Waals surface area (Å²) >= 11 is 0. The number of carbonyl (C=O) groups excluding carboxylic acids is 1. The number of para-hydroxylation sites is 1. The number of rotatable bonds is 2. The van der Waals surface area contributed by atoms with Crippen LogP contribution in [0.5, 0.6) is 0 Å². The average Bonchev–Trinajstić information content (AvgIpc) is 2.35. The molecule has 4 nitrogen and oxygen atoms in total. The molecule has 0 aliphatic carbocycles. The van der Waals surface area contributed by atoms with Gasteiger partial charge in [-0.25, -0.2) is 5.48 Å². The predicted molar refractivity (Wildman–Crippen MR) is 60.7 cm³/mol. The molecule has 1 amide bonds. The Kier molecular flexibility index (Phi) is 2.93. The summed E-state index contributed by atoms with van der Waals surface area (Å²) in [6, 6.07) is 9.64. The van der Waals surface area contributed by atoms with Gasteiger partial charge < -0.3 is 0 Å². The Morgan fingerprint density at radius 3 is 3.00 bits per heavy atom. The van der Waals surface area contributed by atoms with Gasteiger partial charge in [-0.1, -0.05) is 18.2 Å². The minimum Gasteiger partial charge on any atom is -0.288 e. The van der Waals surface area contributed by atoms with Gasteiger partial charge in [0.1, 0.15) is 0 Å². The molecular weight excluding hydrogens is 204 g/mol.